The Morgan fingerprint density at radius 3 is 2.67 bits per heavy atom. The first-order chi connectivity index (χ1) is 9.95. The molecule has 1 aromatic heterocycles. The van der Waals surface area contributed by atoms with Crippen molar-refractivity contribution >= 4 is 11.3 Å². The van der Waals surface area contributed by atoms with Gasteiger partial charge in [-0.3, -0.25) is 0 Å². The molecular formula is C14H22F3N3S. The summed E-state index contributed by atoms with van der Waals surface area (Å²) in [5.41, 5.74) is 0. The number of hydrogen-bond acceptors (Lipinski definition) is 4. The van der Waals surface area contributed by atoms with Crippen LogP contribution in [0.3, 0.4) is 0 Å². The van der Waals surface area contributed by atoms with E-state index in [1.165, 1.54) is 11.3 Å². The zero-order valence-electron chi connectivity index (χ0n) is 12.4. The molecule has 1 aliphatic carbocycles. The molecule has 2 rings (SSSR count). The fourth-order valence-corrected chi connectivity index (χ4v) is 4.07. The maximum absolute atomic E-state index is 12.9. The maximum Gasteiger partial charge on any atom is 0.391 e. The van der Waals surface area contributed by atoms with E-state index in [1.54, 1.807) is 0 Å². The minimum atomic E-state index is -4.08. The van der Waals surface area contributed by atoms with E-state index < -0.39 is 12.1 Å². The number of halogens is 3. The quantitative estimate of drug-likeness (QED) is 0.871. The molecule has 3 atom stereocenters. The molecule has 0 bridgehead atoms. The van der Waals surface area contributed by atoms with Gasteiger partial charge in [0.05, 0.1) is 12.0 Å². The predicted octanol–water partition coefficient (Wildman–Crippen LogP) is 4.43. The van der Waals surface area contributed by atoms with Crippen molar-refractivity contribution in [3.05, 3.63) is 10.0 Å². The van der Waals surface area contributed by atoms with Crippen LogP contribution in [-0.4, -0.2) is 22.9 Å². The van der Waals surface area contributed by atoms with Gasteiger partial charge in [-0.2, -0.15) is 13.2 Å². The van der Waals surface area contributed by atoms with E-state index in [0.29, 0.717) is 6.42 Å². The Kier molecular flexibility index (Phi) is 5.60. The summed E-state index contributed by atoms with van der Waals surface area (Å²) in [6.45, 7) is 4.93. The van der Waals surface area contributed by atoms with Crippen LogP contribution in [-0.2, 0) is 0 Å². The molecule has 0 amide bonds. The van der Waals surface area contributed by atoms with Crippen LogP contribution in [0.15, 0.2) is 0 Å². The van der Waals surface area contributed by atoms with E-state index >= 15 is 0 Å². The normalized spacial score (nSPS) is 25.0. The first-order valence-corrected chi connectivity index (χ1v) is 8.40. The molecule has 120 valence electrons. The number of alkyl halides is 3. The molecule has 0 radical (unpaired) electrons. The maximum atomic E-state index is 12.9. The second-order valence-electron chi connectivity index (χ2n) is 5.60. The molecule has 0 saturated heterocycles. The highest BCUT2D eigenvalue weighted by molar-refractivity contribution is 7.11. The van der Waals surface area contributed by atoms with Gasteiger partial charge in [-0.15, -0.1) is 10.2 Å². The monoisotopic (exact) mass is 321 g/mol. The standard InChI is InChI=1S/C14H22F3N3S/c1-3-11(18-4-2)13-20-19-12(21-13)9-6-5-7-10(8-9)14(15,16)17/h9-11,18H,3-8H2,1-2H3. The minimum Gasteiger partial charge on any atom is -0.308 e. The van der Waals surface area contributed by atoms with Gasteiger partial charge in [-0.05, 0) is 32.2 Å². The van der Waals surface area contributed by atoms with Gasteiger partial charge in [0.25, 0.3) is 0 Å². The highest BCUT2D eigenvalue weighted by atomic mass is 32.1. The summed E-state index contributed by atoms with van der Waals surface area (Å²) in [5, 5.41) is 13.4. The van der Waals surface area contributed by atoms with Gasteiger partial charge in [0.1, 0.15) is 10.0 Å². The molecule has 1 aliphatic rings. The summed E-state index contributed by atoms with van der Waals surface area (Å²) < 4.78 is 38.6. The second-order valence-corrected chi connectivity index (χ2v) is 6.64. The second kappa shape index (κ2) is 7.05. The topological polar surface area (TPSA) is 37.8 Å². The minimum absolute atomic E-state index is 0.0873. The molecule has 1 aromatic rings. The molecule has 21 heavy (non-hydrogen) atoms. The fourth-order valence-electron chi connectivity index (χ4n) is 2.92. The molecule has 0 spiro atoms. The molecule has 0 aliphatic heterocycles. The van der Waals surface area contributed by atoms with Gasteiger partial charge < -0.3 is 5.32 Å². The van der Waals surface area contributed by atoms with Crippen molar-refractivity contribution in [3.8, 4) is 0 Å². The summed E-state index contributed by atoms with van der Waals surface area (Å²) in [5.74, 6) is -1.27. The van der Waals surface area contributed by atoms with Crippen molar-refractivity contribution in [1.29, 1.82) is 0 Å². The third kappa shape index (κ3) is 4.16. The van der Waals surface area contributed by atoms with E-state index in [1.807, 2.05) is 6.92 Å². The summed E-state index contributed by atoms with van der Waals surface area (Å²) in [6, 6.07) is 0.156. The molecule has 1 heterocycles. The van der Waals surface area contributed by atoms with Crippen molar-refractivity contribution in [1.82, 2.24) is 15.5 Å². The van der Waals surface area contributed by atoms with Crippen LogP contribution in [0, 0.1) is 5.92 Å². The van der Waals surface area contributed by atoms with E-state index in [9.17, 15) is 13.2 Å². The third-order valence-electron chi connectivity index (χ3n) is 4.10. The van der Waals surface area contributed by atoms with Gasteiger partial charge in [-0.1, -0.05) is 31.6 Å². The van der Waals surface area contributed by atoms with E-state index in [2.05, 4.69) is 22.4 Å². The van der Waals surface area contributed by atoms with Gasteiger partial charge >= 0.3 is 6.18 Å². The van der Waals surface area contributed by atoms with Gasteiger partial charge in [0, 0.05) is 5.92 Å². The SMILES string of the molecule is CCNC(CC)c1nnc(C2CCCC(C(F)(F)F)C2)s1. The Morgan fingerprint density at radius 2 is 2.05 bits per heavy atom. The Hall–Kier alpha value is -0.690. The molecule has 1 N–H and O–H groups in total. The van der Waals surface area contributed by atoms with Gasteiger partial charge in [0.2, 0.25) is 0 Å². The first kappa shape index (κ1) is 16.7. The van der Waals surface area contributed by atoms with Gasteiger partial charge in [0.15, 0.2) is 0 Å². The van der Waals surface area contributed by atoms with Crippen LogP contribution in [0.1, 0.15) is 67.9 Å². The van der Waals surface area contributed by atoms with Crippen molar-refractivity contribution in [2.45, 2.75) is 64.1 Å². The lowest BCUT2D eigenvalue weighted by Gasteiger charge is -2.29. The molecule has 7 heteroatoms. The Balaban J connectivity index is 2.06. The number of aromatic nitrogens is 2. The molecule has 1 fully saturated rings. The number of hydrogen-bond donors (Lipinski definition) is 1. The van der Waals surface area contributed by atoms with Crippen LogP contribution in [0.25, 0.3) is 0 Å². The lowest BCUT2D eigenvalue weighted by molar-refractivity contribution is -0.183. The van der Waals surface area contributed by atoms with Crippen molar-refractivity contribution in [2.75, 3.05) is 6.54 Å². The summed E-state index contributed by atoms with van der Waals surface area (Å²) >= 11 is 1.47. The van der Waals surface area contributed by atoms with Gasteiger partial charge in [-0.25, -0.2) is 0 Å². The van der Waals surface area contributed by atoms with Crippen LogP contribution < -0.4 is 5.32 Å². The smallest absolute Gasteiger partial charge is 0.308 e. The van der Waals surface area contributed by atoms with E-state index in [4.69, 9.17) is 0 Å². The Morgan fingerprint density at radius 1 is 1.29 bits per heavy atom. The number of nitrogens with one attached hydrogen (secondary N) is 1. The van der Waals surface area contributed by atoms with Crippen LogP contribution in [0.2, 0.25) is 0 Å². The predicted molar refractivity (Wildman–Crippen MR) is 77.4 cm³/mol. The fraction of sp³-hybridized carbons (Fsp3) is 0.857. The van der Waals surface area contributed by atoms with Crippen molar-refractivity contribution in [2.24, 2.45) is 5.92 Å². The van der Waals surface area contributed by atoms with Crippen LogP contribution in [0.4, 0.5) is 13.2 Å². The molecule has 3 unspecified atom stereocenters. The number of rotatable bonds is 5. The van der Waals surface area contributed by atoms with Crippen LogP contribution >= 0.6 is 11.3 Å². The zero-order chi connectivity index (χ0) is 15.5. The Labute approximate surface area is 127 Å². The molecular weight excluding hydrogens is 299 g/mol. The summed E-state index contributed by atoms with van der Waals surface area (Å²) in [7, 11) is 0. The van der Waals surface area contributed by atoms with Crippen LogP contribution in [0.5, 0.6) is 0 Å². The van der Waals surface area contributed by atoms with Crippen molar-refractivity contribution < 1.29 is 13.2 Å². The lowest BCUT2D eigenvalue weighted by Crippen LogP contribution is -2.28. The molecule has 0 aromatic carbocycles. The largest absolute Gasteiger partial charge is 0.391 e. The van der Waals surface area contributed by atoms with E-state index in [-0.39, 0.29) is 24.8 Å². The number of nitrogens with zero attached hydrogens (tertiary/aromatic N) is 2. The highest BCUT2D eigenvalue weighted by Gasteiger charge is 2.43. The third-order valence-corrected chi connectivity index (χ3v) is 5.30. The Bertz CT molecular complexity index is 447. The zero-order valence-corrected chi connectivity index (χ0v) is 13.2. The summed E-state index contributed by atoms with van der Waals surface area (Å²) in [4.78, 5) is 0. The average Bonchev–Trinajstić information content (AvgIpc) is 2.93. The molecule has 1 saturated carbocycles. The average molecular weight is 321 g/mol. The first-order valence-electron chi connectivity index (χ1n) is 7.59. The molecule has 3 nitrogen and oxygen atoms in total. The van der Waals surface area contributed by atoms with E-state index in [0.717, 1.165) is 29.4 Å². The summed E-state index contributed by atoms with van der Waals surface area (Å²) in [6.07, 6.45) is -1.36. The van der Waals surface area contributed by atoms with Crippen molar-refractivity contribution in [3.63, 3.8) is 0 Å². The highest BCUT2D eigenvalue weighted by Crippen LogP contribution is 2.44. The lowest BCUT2D eigenvalue weighted by atomic mass is 9.81.